The van der Waals surface area contributed by atoms with Crippen molar-refractivity contribution in [2.45, 2.75) is 13.0 Å². The fourth-order valence-electron chi connectivity index (χ4n) is 3.01. The maximum Gasteiger partial charge on any atom is 0.635 e. The number of carbonyl (C=O) groups excluding carboxylic acids is 1. The number of nitrogens with two attached hydrogens (primary N) is 1. The summed E-state index contributed by atoms with van der Waals surface area (Å²) in [6, 6.07) is 4.29. The molecule has 0 unspecified atom stereocenters. The highest BCUT2D eigenvalue weighted by Crippen LogP contribution is 2.29. The van der Waals surface area contributed by atoms with Gasteiger partial charge in [0.15, 0.2) is 0 Å². The molecule has 1 amide bonds. The molecule has 1 fully saturated rings. The van der Waals surface area contributed by atoms with E-state index in [4.69, 9.17) is 19.8 Å². The van der Waals surface area contributed by atoms with Gasteiger partial charge in [-0.15, -0.1) is 0 Å². The Kier molecular flexibility index (Phi) is 4.18. The van der Waals surface area contributed by atoms with Crippen molar-refractivity contribution in [2.75, 3.05) is 17.2 Å². The van der Waals surface area contributed by atoms with Crippen molar-refractivity contribution in [3.8, 4) is 5.88 Å². The predicted molar refractivity (Wildman–Crippen MR) is 100 cm³/mol. The minimum atomic E-state index is -0.971. The van der Waals surface area contributed by atoms with Crippen LogP contribution < -0.4 is 20.8 Å². The molecule has 0 radical (unpaired) electrons. The molecule has 0 bridgehead atoms. The molecule has 1 aromatic heterocycles. The summed E-state index contributed by atoms with van der Waals surface area (Å²) in [6.07, 6.45) is 0.831. The largest absolute Gasteiger partial charge is 0.635 e. The van der Waals surface area contributed by atoms with E-state index in [0.717, 1.165) is 0 Å². The molecule has 142 valence electrons. The van der Waals surface area contributed by atoms with E-state index in [9.17, 15) is 9.18 Å². The normalized spacial score (nSPS) is 18.9. The first kappa shape index (κ1) is 17.8. The van der Waals surface area contributed by atoms with Crippen molar-refractivity contribution in [3.63, 3.8) is 0 Å². The lowest BCUT2D eigenvalue weighted by atomic mass is 9.79. The zero-order chi connectivity index (χ0) is 20.0. The Bertz CT molecular complexity index is 999. The lowest BCUT2D eigenvalue weighted by Gasteiger charge is -2.23. The Morgan fingerprint density at radius 2 is 2.00 bits per heavy atom. The van der Waals surface area contributed by atoms with E-state index in [-0.39, 0.29) is 40.8 Å². The van der Waals surface area contributed by atoms with Gasteiger partial charge >= 0.3 is 7.12 Å². The molecule has 28 heavy (non-hydrogen) atoms. The number of fused-ring (bicyclic) bond motifs is 1. The van der Waals surface area contributed by atoms with Crippen LogP contribution in [0, 0.1) is 5.82 Å². The summed E-state index contributed by atoms with van der Waals surface area (Å²) in [5.41, 5.74) is 6.39. The Labute approximate surface area is 160 Å². The molecular formula is C18H16BFN4O4. The van der Waals surface area contributed by atoms with Gasteiger partial charge in [-0.25, -0.2) is 14.4 Å². The molecule has 10 heteroatoms. The van der Waals surface area contributed by atoms with Crippen molar-refractivity contribution in [2.24, 2.45) is 0 Å². The third kappa shape index (κ3) is 2.92. The predicted octanol–water partition coefficient (Wildman–Crippen LogP) is 1.40. The number of benzene rings is 1. The highest BCUT2D eigenvalue weighted by Gasteiger charge is 2.38. The average Bonchev–Trinajstić information content (AvgIpc) is 2.90. The summed E-state index contributed by atoms with van der Waals surface area (Å²) in [4.78, 5) is 22.2. The molecule has 1 saturated heterocycles. The van der Waals surface area contributed by atoms with Crippen LogP contribution in [0.5, 0.6) is 5.88 Å². The van der Waals surface area contributed by atoms with E-state index in [1.165, 1.54) is 23.4 Å². The molecular weight excluding hydrogens is 366 g/mol. The molecule has 0 aliphatic carbocycles. The van der Waals surface area contributed by atoms with Crippen LogP contribution in [-0.4, -0.2) is 35.6 Å². The maximum atomic E-state index is 14.8. The van der Waals surface area contributed by atoms with Crippen LogP contribution in [0.4, 0.5) is 15.9 Å². The molecule has 8 nitrogen and oxygen atoms in total. The van der Waals surface area contributed by atoms with Gasteiger partial charge in [0, 0.05) is 11.2 Å². The average molecular weight is 382 g/mol. The van der Waals surface area contributed by atoms with Crippen molar-refractivity contribution in [1.29, 1.82) is 0 Å². The SMILES string of the molecule is C=C1OB(c2ccc(N3C[C@@H](C)Oc4ncnc(N)c4C3=O)cc2F)OC1=C. The second-order valence-electron chi connectivity index (χ2n) is 6.40. The van der Waals surface area contributed by atoms with Crippen LogP contribution in [0.3, 0.4) is 0 Å². The number of amides is 1. The molecule has 0 spiro atoms. The molecule has 2 aliphatic heterocycles. The quantitative estimate of drug-likeness (QED) is 0.784. The minimum absolute atomic E-state index is 0.00373. The highest BCUT2D eigenvalue weighted by molar-refractivity contribution is 6.62. The number of carbonyl (C=O) groups is 1. The smallest absolute Gasteiger partial charge is 0.520 e. The molecule has 2 N–H and O–H groups in total. The first-order valence-corrected chi connectivity index (χ1v) is 8.45. The molecule has 2 aliphatic rings. The van der Waals surface area contributed by atoms with Gasteiger partial charge in [-0.05, 0) is 19.1 Å². The first-order valence-electron chi connectivity index (χ1n) is 8.45. The summed E-state index contributed by atoms with van der Waals surface area (Å²) >= 11 is 0. The van der Waals surface area contributed by atoms with Crippen LogP contribution in [0.25, 0.3) is 0 Å². The number of rotatable bonds is 2. The number of hydrogen-bond acceptors (Lipinski definition) is 7. The van der Waals surface area contributed by atoms with Gasteiger partial charge in [-0.3, -0.25) is 4.79 Å². The van der Waals surface area contributed by atoms with Gasteiger partial charge in [-0.1, -0.05) is 19.2 Å². The van der Waals surface area contributed by atoms with Crippen molar-refractivity contribution >= 4 is 30.0 Å². The molecule has 4 rings (SSSR count). The third-order valence-corrected chi connectivity index (χ3v) is 4.41. The number of ether oxygens (including phenoxy) is 1. The summed E-state index contributed by atoms with van der Waals surface area (Å²) in [6.45, 7) is 9.21. The number of nitrogens with zero attached hydrogens (tertiary/aromatic N) is 3. The Hall–Kier alpha value is -3.56. The summed E-state index contributed by atoms with van der Waals surface area (Å²) in [7, 11) is -0.971. The van der Waals surface area contributed by atoms with E-state index < -0.39 is 24.9 Å². The maximum absolute atomic E-state index is 14.8. The van der Waals surface area contributed by atoms with Gasteiger partial charge in [0.2, 0.25) is 5.88 Å². The summed E-state index contributed by atoms with van der Waals surface area (Å²) < 4.78 is 31.2. The van der Waals surface area contributed by atoms with E-state index in [1.54, 1.807) is 13.0 Å². The van der Waals surface area contributed by atoms with Gasteiger partial charge in [0.1, 0.15) is 41.1 Å². The van der Waals surface area contributed by atoms with Crippen molar-refractivity contribution in [3.05, 3.63) is 60.6 Å². The third-order valence-electron chi connectivity index (χ3n) is 4.41. The fraction of sp³-hybridized carbons (Fsp3) is 0.167. The number of aromatic nitrogens is 2. The van der Waals surface area contributed by atoms with E-state index in [1.807, 2.05) is 0 Å². The first-order chi connectivity index (χ1) is 13.3. The fourth-order valence-corrected chi connectivity index (χ4v) is 3.01. The van der Waals surface area contributed by atoms with Crippen LogP contribution in [0.15, 0.2) is 49.2 Å². The number of anilines is 2. The van der Waals surface area contributed by atoms with Crippen LogP contribution in [0.2, 0.25) is 0 Å². The Morgan fingerprint density at radius 3 is 2.68 bits per heavy atom. The summed E-state index contributed by atoms with van der Waals surface area (Å²) in [5, 5.41) is 0. The van der Waals surface area contributed by atoms with Crippen LogP contribution in [0.1, 0.15) is 17.3 Å². The molecule has 1 atom stereocenters. The molecule has 1 aromatic carbocycles. The second kappa shape index (κ2) is 6.56. The lowest BCUT2D eigenvalue weighted by Crippen LogP contribution is -2.38. The zero-order valence-electron chi connectivity index (χ0n) is 15.0. The number of hydrogen-bond donors (Lipinski definition) is 1. The topological polar surface area (TPSA) is 99.8 Å². The van der Waals surface area contributed by atoms with E-state index >= 15 is 0 Å². The Morgan fingerprint density at radius 1 is 1.29 bits per heavy atom. The lowest BCUT2D eigenvalue weighted by molar-refractivity contribution is 0.0988. The molecule has 3 heterocycles. The van der Waals surface area contributed by atoms with Crippen molar-refractivity contribution in [1.82, 2.24) is 9.97 Å². The number of halogens is 1. The van der Waals surface area contributed by atoms with E-state index in [0.29, 0.717) is 5.69 Å². The number of nitrogen functional groups attached to an aromatic ring is 1. The van der Waals surface area contributed by atoms with Crippen LogP contribution in [-0.2, 0) is 9.31 Å². The van der Waals surface area contributed by atoms with E-state index in [2.05, 4.69) is 23.1 Å². The van der Waals surface area contributed by atoms with Gasteiger partial charge in [-0.2, -0.15) is 0 Å². The monoisotopic (exact) mass is 382 g/mol. The minimum Gasteiger partial charge on any atom is -0.520 e. The standard InChI is InChI=1S/C18H16BFN4O4/c1-9-7-24(18(25)15-16(21)22-8-23-17(15)26-9)12-4-5-13(14(20)6-12)19-27-10(2)11(3)28-19/h4-6,8-9H,2-3,7H2,1H3,(H2,21,22,23)/t9-/m1/s1. The zero-order valence-corrected chi connectivity index (χ0v) is 15.0. The van der Waals surface area contributed by atoms with Crippen molar-refractivity contribution < 1.29 is 23.2 Å². The highest BCUT2D eigenvalue weighted by atomic mass is 19.1. The molecule has 0 saturated carbocycles. The van der Waals surface area contributed by atoms with Gasteiger partial charge < -0.3 is 24.7 Å². The van der Waals surface area contributed by atoms with Crippen LogP contribution >= 0.6 is 0 Å². The van der Waals surface area contributed by atoms with Gasteiger partial charge in [0.05, 0.1) is 6.54 Å². The van der Waals surface area contributed by atoms with Gasteiger partial charge in [0.25, 0.3) is 5.91 Å². The second-order valence-corrected chi connectivity index (χ2v) is 6.40. The summed E-state index contributed by atoms with van der Waals surface area (Å²) in [5.74, 6) is -0.485. The molecule has 2 aromatic rings. The Balaban J connectivity index is 1.70.